The Hall–Kier alpha value is -4.14. The molecule has 1 aromatic heterocycles. The fourth-order valence-electron chi connectivity index (χ4n) is 4.30. The molecule has 1 atom stereocenters. The highest BCUT2D eigenvalue weighted by Crippen LogP contribution is 2.37. The van der Waals surface area contributed by atoms with E-state index in [1.807, 2.05) is 30.3 Å². The molecule has 34 heavy (non-hydrogen) atoms. The Balaban J connectivity index is 1.33. The summed E-state index contributed by atoms with van der Waals surface area (Å²) in [6.07, 6.45) is 3.28. The summed E-state index contributed by atoms with van der Waals surface area (Å²) in [6.45, 7) is 1.69. The van der Waals surface area contributed by atoms with Gasteiger partial charge < -0.3 is 26.0 Å². The van der Waals surface area contributed by atoms with Crippen LogP contribution in [0.25, 0.3) is 0 Å². The Morgan fingerprint density at radius 3 is 2.44 bits per heavy atom. The molecule has 1 fully saturated rings. The average molecular weight is 459 g/mol. The summed E-state index contributed by atoms with van der Waals surface area (Å²) in [4.78, 5) is 36.6. The van der Waals surface area contributed by atoms with Gasteiger partial charge in [-0.3, -0.25) is 9.59 Å². The van der Waals surface area contributed by atoms with Gasteiger partial charge in [0.2, 0.25) is 17.8 Å². The minimum absolute atomic E-state index is 0.0232. The van der Waals surface area contributed by atoms with Crippen molar-refractivity contribution in [1.82, 2.24) is 9.97 Å². The molecule has 174 valence electrons. The van der Waals surface area contributed by atoms with E-state index >= 15 is 0 Å². The van der Waals surface area contributed by atoms with Crippen molar-refractivity contribution in [2.24, 2.45) is 0 Å². The lowest BCUT2D eigenvalue weighted by Gasteiger charge is -2.30. The fourth-order valence-corrected chi connectivity index (χ4v) is 4.30. The third kappa shape index (κ3) is 4.63. The van der Waals surface area contributed by atoms with Crippen LogP contribution in [-0.4, -0.2) is 34.9 Å². The smallest absolute Gasteiger partial charge is 0.232 e. The van der Waals surface area contributed by atoms with Gasteiger partial charge >= 0.3 is 0 Å². The zero-order chi connectivity index (χ0) is 23.5. The van der Waals surface area contributed by atoms with Crippen LogP contribution in [0.5, 0.6) is 11.5 Å². The van der Waals surface area contributed by atoms with Gasteiger partial charge in [0.25, 0.3) is 0 Å². The second-order valence-electron chi connectivity index (χ2n) is 8.45. The number of hydrogen-bond acceptors (Lipinski definition) is 7. The first-order chi connectivity index (χ1) is 16.6. The molecule has 0 saturated carbocycles. The molecule has 0 unspecified atom stereocenters. The average Bonchev–Trinajstić information content (AvgIpc) is 2.85. The lowest BCUT2D eigenvalue weighted by molar-refractivity contribution is -0.123. The fraction of sp³-hybridized carbons (Fsp3) is 0.280. The number of fused-ring (bicyclic) bond motifs is 1. The summed E-state index contributed by atoms with van der Waals surface area (Å²) in [6, 6.07) is 16.5. The normalized spacial score (nSPS) is 17.5. The lowest BCUT2D eigenvalue weighted by Crippen LogP contribution is -2.35. The molecule has 4 N–H and O–H groups in total. The summed E-state index contributed by atoms with van der Waals surface area (Å²) >= 11 is 0. The Morgan fingerprint density at radius 2 is 1.71 bits per heavy atom. The van der Waals surface area contributed by atoms with Crippen molar-refractivity contribution in [1.29, 1.82) is 0 Å². The molecule has 9 heteroatoms. The van der Waals surface area contributed by atoms with Crippen LogP contribution in [0, 0.1) is 0 Å². The number of nitrogens with one attached hydrogen (secondary N) is 2. The summed E-state index contributed by atoms with van der Waals surface area (Å²) in [5, 5.41) is 5.64. The minimum atomic E-state index is -0.778. The standard InChI is InChI=1S/C25H26N6O3/c26-22-21-19(15-20(32)28-23(21)30-25(29-22)31-13-5-2-6-14-31)24(33)27-16-9-11-18(12-10-16)34-17-7-3-1-4-8-17/h1,3-4,7-12,19H,2,5-6,13-15H2,(H,27,33)(H3,26,28,29,30,32)/t19-/m0/s1. The Morgan fingerprint density at radius 1 is 1.00 bits per heavy atom. The van der Waals surface area contributed by atoms with Gasteiger partial charge in [0, 0.05) is 25.2 Å². The highest BCUT2D eigenvalue weighted by atomic mass is 16.5. The van der Waals surface area contributed by atoms with E-state index in [1.54, 1.807) is 24.3 Å². The van der Waals surface area contributed by atoms with Crippen LogP contribution in [0.3, 0.4) is 0 Å². The maximum absolute atomic E-state index is 13.1. The van der Waals surface area contributed by atoms with Crippen molar-refractivity contribution >= 4 is 35.1 Å². The molecule has 0 bridgehead atoms. The van der Waals surface area contributed by atoms with Crippen LogP contribution in [0.1, 0.15) is 37.2 Å². The largest absolute Gasteiger partial charge is 0.457 e. The van der Waals surface area contributed by atoms with Crippen molar-refractivity contribution in [2.75, 3.05) is 34.4 Å². The van der Waals surface area contributed by atoms with Crippen LogP contribution < -0.4 is 26.0 Å². The van der Waals surface area contributed by atoms with Crippen LogP contribution in [-0.2, 0) is 9.59 Å². The van der Waals surface area contributed by atoms with Gasteiger partial charge in [-0.25, -0.2) is 0 Å². The number of amides is 2. The topological polar surface area (TPSA) is 122 Å². The summed E-state index contributed by atoms with van der Waals surface area (Å²) in [5.41, 5.74) is 7.33. The monoisotopic (exact) mass is 458 g/mol. The zero-order valence-electron chi connectivity index (χ0n) is 18.7. The first-order valence-corrected chi connectivity index (χ1v) is 11.4. The van der Waals surface area contributed by atoms with Crippen molar-refractivity contribution in [3.63, 3.8) is 0 Å². The van der Waals surface area contributed by atoms with Gasteiger partial charge in [0.15, 0.2) is 0 Å². The quantitative estimate of drug-likeness (QED) is 0.530. The van der Waals surface area contributed by atoms with Crippen LogP contribution in [0.15, 0.2) is 54.6 Å². The van der Waals surface area contributed by atoms with E-state index < -0.39 is 5.92 Å². The van der Waals surface area contributed by atoms with E-state index in [4.69, 9.17) is 10.5 Å². The van der Waals surface area contributed by atoms with Crippen LogP contribution in [0.4, 0.5) is 23.3 Å². The molecule has 3 heterocycles. The van der Waals surface area contributed by atoms with Crippen LogP contribution >= 0.6 is 0 Å². The van der Waals surface area contributed by atoms with E-state index in [9.17, 15) is 9.59 Å². The van der Waals surface area contributed by atoms with E-state index in [0.29, 0.717) is 28.8 Å². The van der Waals surface area contributed by atoms with E-state index in [0.717, 1.165) is 31.7 Å². The number of carbonyl (C=O) groups is 2. The number of nitrogen functional groups attached to an aromatic ring is 1. The summed E-state index contributed by atoms with van der Waals surface area (Å²) in [5.74, 6) is 1.01. The number of nitrogens with two attached hydrogens (primary N) is 1. The van der Waals surface area contributed by atoms with E-state index in [-0.39, 0.29) is 24.1 Å². The third-order valence-corrected chi connectivity index (χ3v) is 6.02. The number of aromatic nitrogens is 2. The van der Waals surface area contributed by atoms with Crippen molar-refractivity contribution in [3.8, 4) is 11.5 Å². The SMILES string of the molecule is Nc1nc(N2CCCCC2)nc2c1[C@@H](C(=O)Nc1ccc(Oc3ccccc3)cc1)CC(=O)N2. The number of rotatable bonds is 5. The first-order valence-electron chi connectivity index (χ1n) is 11.4. The van der Waals surface area contributed by atoms with E-state index in [2.05, 4.69) is 25.5 Å². The number of nitrogens with zero attached hydrogens (tertiary/aromatic N) is 3. The van der Waals surface area contributed by atoms with Gasteiger partial charge in [-0.1, -0.05) is 18.2 Å². The second kappa shape index (κ2) is 9.38. The molecule has 2 aliphatic heterocycles. The summed E-state index contributed by atoms with van der Waals surface area (Å²) < 4.78 is 5.79. The molecule has 0 aliphatic carbocycles. The molecule has 5 rings (SSSR count). The van der Waals surface area contributed by atoms with Gasteiger partial charge in [-0.2, -0.15) is 9.97 Å². The number of benzene rings is 2. The Labute approximate surface area is 197 Å². The van der Waals surface area contributed by atoms with Crippen molar-refractivity contribution in [3.05, 3.63) is 60.2 Å². The molecule has 1 saturated heterocycles. The van der Waals surface area contributed by atoms with Gasteiger partial charge in [0.05, 0.1) is 11.5 Å². The minimum Gasteiger partial charge on any atom is -0.457 e. The van der Waals surface area contributed by atoms with Crippen molar-refractivity contribution < 1.29 is 14.3 Å². The highest BCUT2D eigenvalue weighted by Gasteiger charge is 2.35. The van der Waals surface area contributed by atoms with E-state index in [1.165, 1.54) is 6.42 Å². The third-order valence-electron chi connectivity index (χ3n) is 6.02. The Bertz CT molecular complexity index is 1190. The number of carbonyl (C=O) groups excluding carboxylic acids is 2. The summed E-state index contributed by atoms with van der Waals surface area (Å²) in [7, 11) is 0. The first kappa shape index (κ1) is 21.7. The lowest BCUT2D eigenvalue weighted by atomic mass is 9.92. The maximum Gasteiger partial charge on any atom is 0.232 e. The Kier molecular flexibility index (Phi) is 5.99. The molecule has 2 aromatic carbocycles. The number of para-hydroxylation sites is 1. The highest BCUT2D eigenvalue weighted by molar-refractivity contribution is 6.05. The molecule has 9 nitrogen and oxygen atoms in total. The maximum atomic E-state index is 13.1. The van der Waals surface area contributed by atoms with Gasteiger partial charge in [-0.05, 0) is 55.7 Å². The number of ether oxygens (including phenoxy) is 1. The van der Waals surface area contributed by atoms with Crippen molar-refractivity contribution in [2.45, 2.75) is 31.6 Å². The van der Waals surface area contributed by atoms with Gasteiger partial charge in [0.1, 0.15) is 23.1 Å². The van der Waals surface area contributed by atoms with Gasteiger partial charge in [-0.15, -0.1) is 0 Å². The molecular weight excluding hydrogens is 432 g/mol. The van der Waals surface area contributed by atoms with Crippen LogP contribution in [0.2, 0.25) is 0 Å². The number of hydrogen-bond donors (Lipinski definition) is 3. The predicted octanol–water partition coefficient (Wildman–Crippen LogP) is 3.91. The molecule has 0 radical (unpaired) electrons. The molecule has 3 aromatic rings. The predicted molar refractivity (Wildman–Crippen MR) is 130 cm³/mol. The molecular formula is C25H26N6O3. The molecule has 0 spiro atoms. The second-order valence-corrected chi connectivity index (χ2v) is 8.45. The molecule has 2 amide bonds. The zero-order valence-corrected chi connectivity index (χ0v) is 18.7. The number of piperidine rings is 1. The number of anilines is 4. The molecule has 2 aliphatic rings.